The van der Waals surface area contributed by atoms with Crippen LogP contribution in [0.15, 0.2) is 54.6 Å². The molecule has 2 rings (SSSR count). The van der Waals surface area contributed by atoms with Gasteiger partial charge in [0.15, 0.2) is 5.11 Å². The first-order chi connectivity index (χ1) is 11.5. The third-order valence-electron chi connectivity index (χ3n) is 3.27. The Labute approximate surface area is 146 Å². The highest BCUT2D eigenvalue weighted by atomic mass is 32.1. The molecule has 0 aliphatic carbocycles. The molecule has 0 bridgehead atoms. The van der Waals surface area contributed by atoms with Crippen molar-refractivity contribution in [2.75, 3.05) is 0 Å². The van der Waals surface area contributed by atoms with Gasteiger partial charge >= 0.3 is 6.61 Å². The van der Waals surface area contributed by atoms with Gasteiger partial charge < -0.3 is 15.4 Å². The molecule has 2 N–H and O–H groups in total. The quantitative estimate of drug-likeness (QED) is 0.763. The molecule has 0 aliphatic rings. The molecule has 0 fully saturated rings. The third-order valence-corrected chi connectivity index (χ3v) is 3.50. The van der Waals surface area contributed by atoms with Crippen LogP contribution in [0.1, 0.15) is 31.0 Å². The summed E-state index contributed by atoms with van der Waals surface area (Å²) in [5, 5.41) is 6.95. The standard InChI is InChI=1S/C18H20F2N2OS/c1-12(2)21-18(24)22-16(13-6-4-3-5-7-13)14-8-10-15(11-9-14)23-17(19)20/h3-12,16-17H,1-2H3,(H2,21,22,24)/t16-/m1/s1. The largest absolute Gasteiger partial charge is 0.435 e. The van der Waals surface area contributed by atoms with Crippen LogP contribution < -0.4 is 15.4 Å². The minimum absolute atomic E-state index is 0.128. The number of benzene rings is 2. The molecule has 2 aromatic carbocycles. The van der Waals surface area contributed by atoms with Crippen LogP contribution in [0.4, 0.5) is 8.78 Å². The molecule has 2 aromatic rings. The molecule has 0 saturated heterocycles. The van der Waals surface area contributed by atoms with E-state index in [1.807, 2.05) is 44.2 Å². The minimum Gasteiger partial charge on any atom is -0.435 e. The summed E-state index contributed by atoms with van der Waals surface area (Å²) >= 11 is 5.34. The summed E-state index contributed by atoms with van der Waals surface area (Å²) < 4.78 is 29.0. The molecule has 0 saturated carbocycles. The molecule has 1 atom stereocenters. The highest BCUT2D eigenvalue weighted by molar-refractivity contribution is 7.80. The van der Waals surface area contributed by atoms with E-state index in [4.69, 9.17) is 12.2 Å². The number of nitrogens with one attached hydrogen (secondary N) is 2. The molecule has 0 unspecified atom stereocenters. The van der Waals surface area contributed by atoms with Gasteiger partial charge in [0.1, 0.15) is 5.75 Å². The van der Waals surface area contributed by atoms with Crippen molar-refractivity contribution in [3.05, 3.63) is 65.7 Å². The summed E-state index contributed by atoms with van der Waals surface area (Å²) in [5.74, 6) is 0.128. The van der Waals surface area contributed by atoms with Gasteiger partial charge in [-0.2, -0.15) is 8.78 Å². The fourth-order valence-electron chi connectivity index (χ4n) is 2.28. The Morgan fingerprint density at radius 2 is 1.50 bits per heavy atom. The number of thiocarbonyl (C=S) groups is 1. The number of halogens is 2. The fourth-order valence-corrected chi connectivity index (χ4v) is 2.63. The smallest absolute Gasteiger partial charge is 0.387 e. The third kappa shape index (κ3) is 5.45. The maximum absolute atomic E-state index is 12.3. The average Bonchev–Trinajstić information content (AvgIpc) is 2.53. The zero-order chi connectivity index (χ0) is 17.5. The monoisotopic (exact) mass is 350 g/mol. The Kier molecular flexibility index (Phi) is 6.49. The van der Waals surface area contributed by atoms with Crippen LogP contribution in [-0.2, 0) is 0 Å². The normalized spacial score (nSPS) is 12.1. The molecule has 24 heavy (non-hydrogen) atoms. The Bertz CT molecular complexity index is 648. The van der Waals surface area contributed by atoms with Gasteiger partial charge in [-0.1, -0.05) is 42.5 Å². The Hall–Kier alpha value is -2.21. The van der Waals surface area contributed by atoms with Gasteiger partial charge in [-0.3, -0.25) is 0 Å². The number of rotatable bonds is 6. The number of ether oxygens (including phenoxy) is 1. The van der Waals surface area contributed by atoms with E-state index >= 15 is 0 Å². The van der Waals surface area contributed by atoms with Crippen LogP contribution in [0.2, 0.25) is 0 Å². The second-order valence-electron chi connectivity index (χ2n) is 5.56. The number of hydrogen-bond donors (Lipinski definition) is 2. The Morgan fingerprint density at radius 1 is 0.917 bits per heavy atom. The zero-order valence-corrected chi connectivity index (χ0v) is 14.3. The van der Waals surface area contributed by atoms with Crippen molar-refractivity contribution in [1.82, 2.24) is 10.6 Å². The van der Waals surface area contributed by atoms with E-state index < -0.39 is 6.61 Å². The number of alkyl halides is 2. The fraction of sp³-hybridized carbons (Fsp3) is 0.278. The lowest BCUT2D eigenvalue weighted by molar-refractivity contribution is -0.0498. The molecule has 0 spiro atoms. The summed E-state index contributed by atoms with van der Waals surface area (Å²) in [7, 11) is 0. The predicted molar refractivity (Wildman–Crippen MR) is 95.4 cm³/mol. The molecule has 6 heteroatoms. The summed E-state index contributed by atoms with van der Waals surface area (Å²) in [6.45, 7) is 1.17. The molecular weight excluding hydrogens is 330 g/mol. The minimum atomic E-state index is -2.83. The van der Waals surface area contributed by atoms with Crippen LogP contribution in [0.3, 0.4) is 0 Å². The van der Waals surface area contributed by atoms with Crippen molar-refractivity contribution in [3.8, 4) is 5.75 Å². The van der Waals surface area contributed by atoms with Crippen LogP contribution in [-0.4, -0.2) is 17.8 Å². The second kappa shape index (κ2) is 8.59. The van der Waals surface area contributed by atoms with Crippen molar-refractivity contribution < 1.29 is 13.5 Å². The predicted octanol–water partition coefficient (Wildman–Crippen LogP) is 4.25. The maximum atomic E-state index is 12.3. The highest BCUT2D eigenvalue weighted by Gasteiger charge is 2.16. The van der Waals surface area contributed by atoms with E-state index in [1.54, 1.807) is 12.1 Å². The van der Waals surface area contributed by atoms with Crippen LogP contribution in [0.5, 0.6) is 5.75 Å². The van der Waals surface area contributed by atoms with Gasteiger partial charge in [0.05, 0.1) is 6.04 Å². The molecule has 0 radical (unpaired) electrons. The van der Waals surface area contributed by atoms with Crippen molar-refractivity contribution in [2.24, 2.45) is 0 Å². The zero-order valence-electron chi connectivity index (χ0n) is 13.5. The van der Waals surface area contributed by atoms with E-state index in [1.165, 1.54) is 12.1 Å². The second-order valence-corrected chi connectivity index (χ2v) is 5.97. The topological polar surface area (TPSA) is 33.3 Å². The SMILES string of the molecule is CC(C)NC(=S)N[C@H](c1ccccc1)c1ccc(OC(F)F)cc1. The molecule has 0 aliphatic heterocycles. The van der Waals surface area contributed by atoms with E-state index in [9.17, 15) is 8.78 Å². The van der Waals surface area contributed by atoms with Crippen molar-refractivity contribution >= 4 is 17.3 Å². The molecule has 0 amide bonds. The number of hydrogen-bond acceptors (Lipinski definition) is 2. The van der Waals surface area contributed by atoms with E-state index in [0.717, 1.165) is 11.1 Å². The van der Waals surface area contributed by atoms with Crippen LogP contribution in [0, 0.1) is 0 Å². The lowest BCUT2D eigenvalue weighted by Gasteiger charge is -2.23. The van der Waals surface area contributed by atoms with Crippen molar-refractivity contribution in [1.29, 1.82) is 0 Å². The lowest BCUT2D eigenvalue weighted by atomic mass is 9.99. The summed E-state index contributed by atoms with van der Waals surface area (Å²) in [6, 6.07) is 16.4. The molecule has 0 aromatic heterocycles. The summed E-state index contributed by atoms with van der Waals surface area (Å²) in [4.78, 5) is 0. The summed E-state index contributed by atoms with van der Waals surface area (Å²) in [6.07, 6.45) is 0. The Balaban J connectivity index is 2.23. The van der Waals surface area contributed by atoms with Gasteiger partial charge in [-0.05, 0) is 49.3 Å². The van der Waals surface area contributed by atoms with E-state index in [2.05, 4.69) is 15.4 Å². The van der Waals surface area contributed by atoms with Gasteiger partial charge in [0.25, 0.3) is 0 Å². The maximum Gasteiger partial charge on any atom is 0.387 e. The van der Waals surface area contributed by atoms with E-state index in [-0.39, 0.29) is 17.8 Å². The Morgan fingerprint density at radius 3 is 2.04 bits per heavy atom. The van der Waals surface area contributed by atoms with Crippen LogP contribution >= 0.6 is 12.2 Å². The van der Waals surface area contributed by atoms with Gasteiger partial charge in [-0.15, -0.1) is 0 Å². The summed E-state index contributed by atoms with van der Waals surface area (Å²) in [5.41, 5.74) is 1.92. The van der Waals surface area contributed by atoms with Crippen LogP contribution in [0.25, 0.3) is 0 Å². The molecular formula is C18H20F2N2OS. The average molecular weight is 350 g/mol. The highest BCUT2D eigenvalue weighted by Crippen LogP contribution is 2.24. The van der Waals surface area contributed by atoms with Gasteiger partial charge in [-0.25, -0.2) is 0 Å². The first kappa shape index (κ1) is 18.1. The first-order valence-corrected chi connectivity index (χ1v) is 8.03. The lowest BCUT2D eigenvalue weighted by Crippen LogP contribution is -2.41. The van der Waals surface area contributed by atoms with Crippen molar-refractivity contribution in [2.45, 2.75) is 32.5 Å². The van der Waals surface area contributed by atoms with Gasteiger partial charge in [0, 0.05) is 6.04 Å². The van der Waals surface area contributed by atoms with E-state index in [0.29, 0.717) is 5.11 Å². The molecule has 3 nitrogen and oxygen atoms in total. The molecule has 128 valence electrons. The molecule has 0 heterocycles. The van der Waals surface area contributed by atoms with Crippen molar-refractivity contribution in [3.63, 3.8) is 0 Å². The van der Waals surface area contributed by atoms with Gasteiger partial charge in [0.2, 0.25) is 0 Å². The first-order valence-electron chi connectivity index (χ1n) is 7.62.